The summed E-state index contributed by atoms with van der Waals surface area (Å²) in [7, 11) is 2.81. The Hall–Kier alpha value is -2.70. The van der Waals surface area contributed by atoms with Crippen LogP contribution in [0.3, 0.4) is 0 Å². The first-order chi connectivity index (χ1) is 10.3. The van der Waals surface area contributed by atoms with E-state index >= 15 is 0 Å². The minimum absolute atomic E-state index is 0.0146. The van der Waals surface area contributed by atoms with Crippen molar-refractivity contribution in [1.29, 1.82) is 0 Å². The van der Waals surface area contributed by atoms with Crippen LogP contribution in [0, 0.1) is 10.1 Å². The van der Waals surface area contributed by atoms with Crippen molar-refractivity contribution in [2.24, 2.45) is 0 Å². The number of allylic oxidation sites excluding steroid dienone is 1. The maximum absolute atomic E-state index is 11.8. The lowest BCUT2D eigenvalue weighted by Gasteiger charge is -2.15. The molecular formula is C15H17NO6. The first-order valence-corrected chi connectivity index (χ1v) is 6.41. The van der Waals surface area contributed by atoms with Crippen molar-refractivity contribution in [3.05, 3.63) is 39.4 Å². The zero-order valence-electron chi connectivity index (χ0n) is 12.8. The van der Waals surface area contributed by atoms with Crippen LogP contribution in [0.15, 0.2) is 23.8 Å². The number of hydrogen-bond acceptors (Lipinski definition) is 6. The van der Waals surface area contributed by atoms with Gasteiger partial charge in [0.1, 0.15) is 0 Å². The van der Waals surface area contributed by atoms with Gasteiger partial charge in [0.05, 0.1) is 19.8 Å². The van der Waals surface area contributed by atoms with E-state index in [0.717, 1.165) is 0 Å². The lowest BCUT2D eigenvalue weighted by atomic mass is 9.94. The van der Waals surface area contributed by atoms with Crippen molar-refractivity contribution in [3.63, 3.8) is 0 Å². The summed E-state index contributed by atoms with van der Waals surface area (Å²) >= 11 is 0. The second kappa shape index (κ2) is 7.35. The number of benzene rings is 1. The number of ketones is 2. The van der Waals surface area contributed by atoms with Gasteiger partial charge in [-0.3, -0.25) is 19.7 Å². The van der Waals surface area contributed by atoms with Crippen LogP contribution in [0.1, 0.15) is 19.4 Å². The number of methoxy groups -OCH3 is 2. The van der Waals surface area contributed by atoms with Gasteiger partial charge in [0.25, 0.3) is 0 Å². The van der Waals surface area contributed by atoms with Gasteiger partial charge < -0.3 is 9.47 Å². The smallest absolute Gasteiger partial charge is 0.230 e. The summed E-state index contributed by atoms with van der Waals surface area (Å²) in [5.41, 5.74) is 0.1000. The first kappa shape index (κ1) is 17.4. The number of Topliss-reactive ketones (excluding diaryl/α,β-unsaturated/α-hetero) is 2. The Labute approximate surface area is 127 Å². The molecule has 0 aliphatic carbocycles. The molecule has 7 nitrogen and oxygen atoms in total. The normalized spacial score (nSPS) is 9.82. The molecule has 118 valence electrons. The summed E-state index contributed by atoms with van der Waals surface area (Å²) in [5.74, 6) is -0.474. The van der Waals surface area contributed by atoms with Gasteiger partial charge in [0, 0.05) is 16.1 Å². The molecule has 22 heavy (non-hydrogen) atoms. The Bertz CT molecular complexity index is 631. The maximum Gasteiger partial charge on any atom is 0.230 e. The molecule has 0 fully saturated rings. The largest absolute Gasteiger partial charge is 0.493 e. The molecule has 0 radical (unpaired) electrons. The molecule has 0 amide bonds. The number of hydrogen-bond donors (Lipinski definition) is 0. The molecule has 0 heterocycles. The zero-order valence-corrected chi connectivity index (χ0v) is 12.8. The fourth-order valence-electron chi connectivity index (χ4n) is 2.23. The SMILES string of the molecule is COc1cccc(C(C[N+](=O)[O-])=C(C(C)=O)C(C)=O)c1OC. The number of para-hydroxylation sites is 1. The zero-order chi connectivity index (χ0) is 16.9. The second-order valence-electron chi connectivity index (χ2n) is 4.50. The molecule has 0 spiro atoms. The summed E-state index contributed by atoms with van der Waals surface area (Å²) in [6, 6.07) is 4.77. The number of nitrogens with zero attached hydrogens (tertiary/aromatic N) is 1. The van der Waals surface area contributed by atoms with Gasteiger partial charge in [-0.05, 0) is 19.9 Å². The van der Waals surface area contributed by atoms with E-state index < -0.39 is 23.0 Å². The first-order valence-electron chi connectivity index (χ1n) is 6.41. The van der Waals surface area contributed by atoms with Crippen molar-refractivity contribution in [3.8, 4) is 11.5 Å². The molecule has 0 saturated carbocycles. The number of carbonyl (C=O) groups is 2. The second-order valence-corrected chi connectivity index (χ2v) is 4.50. The minimum Gasteiger partial charge on any atom is -0.493 e. The molecule has 0 bridgehead atoms. The van der Waals surface area contributed by atoms with E-state index in [1.807, 2.05) is 0 Å². The highest BCUT2D eigenvalue weighted by atomic mass is 16.6. The summed E-state index contributed by atoms with van der Waals surface area (Å²) in [4.78, 5) is 33.9. The summed E-state index contributed by atoms with van der Waals surface area (Å²) < 4.78 is 10.4. The Balaban J connectivity index is 3.74. The molecule has 0 atom stereocenters. The third-order valence-corrected chi connectivity index (χ3v) is 3.02. The van der Waals surface area contributed by atoms with Gasteiger partial charge >= 0.3 is 0 Å². The van der Waals surface area contributed by atoms with Crippen molar-refractivity contribution >= 4 is 17.1 Å². The summed E-state index contributed by atoms with van der Waals surface area (Å²) in [6.07, 6.45) is 0. The lowest BCUT2D eigenvalue weighted by molar-refractivity contribution is -0.465. The summed E-state index contributed by atoms with van der Waals surface area (Å²) in [6.45, 7) is 1.73. The van der Waals surface area contributed by atoms with E-state index in [0.29, 0.717) is 11.3 Å². The van der Waals surface area contributed by atoms with Crippen LogP contribution in [-0.2, 0) is 9.59 Å². The molecule has 0 saturated heterocycles. The van der Waals surface area contributed by atoms with Crippen LogP contribution >= 0.6 is 0 Å². The standard InChI is InChI=1S/C15H17NO6/c1-9(17)14(10(2)18)12(8-16(19)20)11-6-5-7-13(21-3)15(11)22-4/h5-7H,8H2,1-4H3. The van der Waals surface area contributed by atoms with Crippen LogP contribution in [0.2, 0.25) is 0 Å². The number of ether oxygens (including phenoxy) is 2. The number of carbonyl (C=O) groups excluding carboxylic acids is 2. The van der Waals surface area contributed by atoms with Crippen LogP contribution in [0.4, 0.5) is 0 Å². The quantitative estimate of drug-likeness (QED) is 0.251. The van der Waals surface area contributed by atoms with E-state index in [2.05, 4.69) is 0 Å². The molecular weight excluding hydrogens is 290 g/mol. The molecule has 0 aliphatic rings. The Morgan fingerprint density at radius 1 is 1.14 bits per heavy atom. The van der Waals surface area contributed by atoms with Gasteiger partial charge in [-0.15, -0.1) is 0 Å². The molecule has 0 aromatic heterocycles. The predicted octanol–water partition coefficient (Wildman–Crippen LogP) is 1.91. The fraction of sp³-hybridized carbons (Fsp3) is 0.333. The average molecular weight is 307 g/mol. The third-order valence-electron chi connectivity index (χ3n) is 3.02. The third kappa shape index (κ3) is 3.69. The van der Waals surface area contributed by atoms with Crippen LogP contribution < -0.4 is 9.47 Å². The van der Waals surface area contributed by atoms with Crippen LogP contribution in [0.25, 0.3) is 5.57 Å². The maximum atomic E-state index is 11.8. The van der Waals surface area contributed by atoms with Crippen LogP contribution in [-0.4, -0.2) is 37.3 Å². The lowest BCUT2D eigenvalue weighted by Crippen LogP contribution is -2.15. The van der Waals surface area contributed by atoms with E-state index in [1.165, 1.54) is 28.1 Å². The predicted molar refractivity (Wildman–Crippen MR) is 79.7 cm³/mol. The molecule has 1 aromatic carbocycles. The van der Waals surface area contributed by atoms with Gasteiger partial charge in [-0.2, -0.15) is 0 Å². The molecule has 0 N–H and O–H groups in total. The highest BCUT2D eigenvalue weighted by Crippen LogP contribution is 2.36. The van der Waals surface area contributed by atoms with Gasteiger partial charge in [-0.25, -0.2) is 0 Å². The van der Waals surface area contributed by atoms with Crippen LogP contribution in [0.5, 0.6) is 11.5 Å². The van der Waals surface area contributed by atoms with Crippen molar-refractivity contribution in [2.45, 2.75) is 13.8 Å². The Kier molecular flexibility index (Phi) is 5.80. The summed E-state index contributed by atoms with van der Waals surface area (Å²) in [5, 5.41) is 11.0. The molecule has 0 aliphatic heterocycles. The average Bonchev–Trinajstić information content (AvgIpc) is 2.44. The number of rotatable bonds is 7. The van der Waals surface area contributed by atoms with Gasteiger partial charge in [0.15, 0.2) is 23.1 Å². The highest BCUT2D eigenvalue weighted by molar-refractivity contribution is 6.24. The molecule has 0 unspecified atom stereocenters. The van der Waals surface area contributed by atoms with E-state index in [-0.39, 0.29) is 16.9 Å². The monoisotopic (exact) mass is 307 g/mol. The van der Waals surface area contributed by atoms with E-state index in [9.17, 15) is 19.7 Å². The fourth-order valence-corrected chi connectivity index (χ4v) is 2.23. The van der Waals surface area contributed by atoms with E-state index in [1.54, 1.807) is 18.2 Å². The Morgan fingerprint density at radius 2 is 1.73 bits per heavy atom. The number of nitro groups is 1. The van der Waals surface area contributed by atoms with Crippen molar-refractivity contribution < 1.29 is 24.0 Å². The Morgan fingerprint density at radius 3 is 2.14 bits per heavy atom. The van der Waals surface area contributed by atoms with E-state index in [4.69, 9.17) is 9.47 Å². The molecule has 7 heteroatoms. The topological polar surface area (TPSA) is 95.7 Å². The molecule has 1 aromatic rings. The minimum atomic E-state index is -0.669. The van der Waals surface area contributed by atoms with Gasteiger partial charge in [-0.1, -0.05) is 12.1 Å². The van der Waals surface area contributed by atoms with Gasteiger partial charge in [0.2, 0.25) is 6.54 Å². The van der Waals surface area contributed by atoms with Crippen molar-refractivity contribution in [1.82, 2.24) is 0 Å². The highest BCUT2D eigenvalue weighted by Gasteiger charge is 2.25. The van der Waals surface area contributed by atoms with Crippen molar-refractivity contribution in [2.75, 3.05) is 20.8 Å². The molecule has 1 rings (SSSR count).